The van der Waals surface area contributed by atoms with Crippen LogP contribution < -0.4 is 14.8 Å². The van der Waals surface area contributed by atoms with Gasteiger partial charge in [-0.25, -0.2) is 8.42 Å². The lowest BCUT2D eigenvalue weighted by atomic mass is 10.1. The predicted molar refractivity (Wildman–Crippen MR) is 110 cm³/mol. The van der Waals surface area contributed by atoms with Gasteiger partial charge in [0, 0.05) is 18.7 Å². The van der Waals surface area contributed by atoms with Crippen molar-refractivity contribution in [2.75, 3.05) is 37.8 Å². The molecule has 0 spiro atoms. The second-order valence-corrected chi connectivity index (χ2v) is 9.33. The lowest BCUT2D eigenvalue weighted by molar-refractivity contribution is -0.132. The Bertz CT molecular complexity index is 810. The number of carbonyl (C=O) groups is 2. The van der Waals surface area contributed by atoms with Gasteiger partial charge < -0.3 is 19.7 Å². The number of ether oxygens (including phenoxy) is 2. The second-order valence-electron chi connectivity index (χ2n) is 7.03. The van der Waals surface area contributed by atoms with E-state index in [9.17, 15) is 18.0 Å². The molecular weight excluding hydrogens is 396 g/mol. The fourth-order valence-electron chi connectivity index (χ4n) is 2.85. The zero-order valence-electron chi connectivity index (χ0n) is 17.3. The molecule has 0 bridgehead atoms. The molecule has 0 radical (unpaired) electrons. The van der Waals surface area contributed by atoms with Gasteiger partial charge in [-0.15, -0.1) is 0 Å². The van der Waals surface area contributed by atoms with Gasteiger partial charge in [0.15, 0.2) is 21.3 Å². The molecule has 1 heterocycles. The molecule has 9 heteroatoms. The summed E-state index contributed by atoms with van der Waals surface area (Å²) in [5, 5.41) is 2.68. The number of carbonyl (C=O) groups excluding carboxylic acids is 2. The van der Waals surface area contributed by atoms with E-state index in [2.05, 4.69) is 5.32 Å². The summed E-state index contributed by atoms with van der Waals surface area (Å²) in [7, 11) is -3.07. The SMILES string of the molecule is CCCOc1ccc(C(=O)NC(C)C(=O)N2CCS(=O)(=O)CC2)cc1OCCC. The molecule has 1 aromatic carbocycles. The molecule has 8 nitrogen and oxygen atoms in total. The van der Waals surface area contributed by atoms with Crippen LogP contribution in [0.5, 0.6) is 11.5 Å². The largest absolute Gasteiger partial charge is 0.490 e. The Balaban J connectivity index is 2.03. The van der Waals surface area contributed by atoms with E-state index in [4.69, 9.17) is 9.47 Å². The number of sulfone groups is 1. The molecule has 0 aromatic heterocycles. The van der Waals surface area contributed by atoms with Crippen LogP contribution in [0.2, 0.25) is 0 Å². The summed E-state index contributed by atoms with van der Waals surface area (Å²) < 4.78 is 34.4. The highest BCUT2D eigenvalue weighted by Gasteiger charge is 2.28. The quantitative estimate of drug-likeness (QED) is 0.644. The van der Waals surface area contributed by atoms with E-state index >= 15 is 0 Å². The molecule has 1 saturated heterocycles. The van der Waals surface area contributed by atoms with Gasteiger partial charge in [-0.05, 0) is 38.0 Å². The summed E-state index contributed by atoms with van der Waals surface area (Å²) >= 11 is 0. The number of nitrogens with one attached hydrogen (secondary N) is 1. The first-order valence-electron chi connectivity index (χ1n) is 9.97. The Morgan fingerprint density at radius 3 is 2.24 bits per heavy atom. The van der Waals surface area contributed by atoms with Crippen molar-refractivity contribution in [2.45, 2.75) is 39.7 Å². The summed E-state index contributed by atoms with van der Waals surface area (Å²) in [4.78, 5) is 26.6. The standard InChI is InChI=1S/C20H30N2O6S/c1-4-10-27-17-7-6-16(14-18(17)28-11-5-2)19(23)21-15(3)20(24)22-8-12-29(25,26)13-9-22/h6-7,14-15H,4-5,8-13H2,1-3H3,(H,21,23). The third kappa shape index (κ3) is 6.62. The maximum Gasteiger partial charge on any atom is 0.252 e. The highest BCUT2D eigenvalue weighted by molar-refractivity contribution is 7.91. The van der Waals surface area contributed by atoms with E-state index in [0.717, 1.165) is 12.8 Å². The monoisotopic (exact) mass is 426 g/mol. The first kappa shape index (κ1) is 23.0. The third-order valence-electron chi connectivity index (χ3n) is 4.50. The molecule has 0 aliphatic carbocycles. The highest BCUT2D eigenvalue weighted by Crippen LogP contribution is 2.29. The fraction of sp³-hybridized carbons (Fsp3) is 0.600. The van der Waals surface area contributed by atoms with E-state index in [0.29, 0.717) is 30.3 Å². The third-order valence-corrected chi connectivity index (χ3v) is 6.11. The number of amides is 2. The van der Waals surface area contributed by atoms with Crippen molar-refractivity contribution in [3.63, 3.8) is 0 Å². The molecule has 1 aliphatic rings. The smallest absolute Gasteiger partial charge is 0.252 e. The van der Waals surface area contributed by atoms with Crippen molar-refractivity contribution >= 4 is 21.7 Å². The first-order chi connectivity index (χ1) is 13.8. The number of rotatable bonds is 9. The number of nitrogens with zero attached hydrogens (tertiary/aromatic N) is 1. The van der Waals surface area contributed by atoms with Gasteiger partial charge in [-0.1, -0.05) is 13.8 Å². The van der Waals surface area contributed by atoms with Gasteiger partial charge in [-0.2, -0.15) is 0 Å². The molecule has 1 atom stereocenters. The average molecular weight is 427 g/mol. The van der Waals surface area contributed by atoms with E-state index in [1.165, 1.54) is 4.90 Å². The summed E-state index contributed by atoms with van der Waals surface area (Å²) in [6.07, 6.45) is 1.67. The highest BCUT2D eigenvalue weighted by atomic mass is 32.2. The molecule has 1 unspecified atom stereocenters. The zero-order valence-corrected chi connectivity index (χ0v) is 18.1. The lowest BCUT2D eigenvalue weighted by Crippen LogP contribution is -2.51. The van der Waals surface area contributed by atoms with Gasteiger partial charge >= 0.3 is 0 Å². The van der Waals surface area contributed by atoms with Crippen molar-refractivity contribution in [3.8, 4) is 11.5 Å². The lowest BCUT2D eigenvalue weighted by Gasteiger charge is -2.29. The van der Waals surface area contributed by atoms with Crippen molar-refractivity contribution in [1.82, 2.24) is 10.2 Å². The van der Waals surface area contributed by atoms with E-state index in [-0.39, 0.29) is 30.5 Å². The predicted octanol–water partition coefficient (Wildman–Crippen LogP) is 1.64. The van der Waals surface area contributed by atoms with Crippen LogP contribution in [0.1, 0.15) is 44.0 Å². The van der Waals surface area contributed by atoms with Crippen LogP contribution in [0.4, 0.5) is 0 Å². The summed E-state index contributed by atoms with van der Waals surface area (Å²) in [5.74, 6) is 0.286. The maximum atomic E-state index is 12.6. The molecule has 162 valence electrons. The second kappa shape index (κ2) is 10.5. The van der Waals surface area contributed by atoms with Crippen molar-refractivity contribution in [2.24, 2.45) is 0 Å². The summed E-state index contributed by atoms with van der Waals surface area (Å²) in [6, 6.07) is 4.17. The molecule has 1 aliphatic heterocycles. The van der Waals surface area contributed by atoms with Crippen LogP contribution >= 0.6 is 0 Å². The Kier molecular flexibility index (Phi) is 8.31. The van der Waals surface area contributed by atoms with Gasteiger partial charge in [0.05, 0.1) is 24.7 Å². The average Bonchev–Trinajstić information content (AvgIpc) is 2.70. The van der Waals surface area contributed by atoms with Crippen LogP contribution in [0.3, 0.4) is 0 Å². The number of benzene rings is 1. The molecular formula is C20H30N2O6S. The van der Waals surface area contributed by atoms with Crippen LogP contribution in [0, 0.1) is 0 Å². The Morgan fingerprint density at radius 1 is 1.07 bits per heavy atom. The zero-order chi connectivity index (χ0) is 21.4. The van der Waals surface area contributed by atoms with Crippen molar-refractivity contribution in [1.29, 1.82) is 0 Å². The van der Waals surface area contributed by atoms with E-state index in [1.54, 1.807) is 25.1 Å². The minimum absolute atomic E-state index is 0.0449. The van der Waals surface area contributed by atoms with Gasteiger partial charge in [0.25, 0.3) is 5.91 Å². The normalized spacial score (nSPS) is 16.7. The minimum atomic E-state index is -3.07. The van der Waals surface area contributed by atoms with Crippen LogP contribution in [0.25, 0.3) is 0 Å². The molecule has 29 heavy (non-hydrogen) atoms. The molecule has 1 aromatic rings. The molecule has 1 fully saturated rings. The van der Waals surface area contributed by atoms with Gasteiger partial charge in [0.2, 0.25) is 5.91 Å². The maximum absolute atomic E-state index is 12.6. The Hall–Kier alpha value is -2.29. The van der Waals surface area contributed by atoms with Crippen LogP contribution in [0.15, 0.2) is 18.2 Å². The Labute approximate surface area is 172 Å². The number of hydrogen-bond donors (Lipinski definition) is 1. The van der Waals surface area contributed by atoms with Crippen LogP contribution in [-0.4, -0.2) is 69.0 Å². The minimum Gasteiger partial charge on any atom is -0.490 e. The van der Waals surface area contributed by atoms with Crippen molar-refractivity contribution < 1.29 is 27.5 Å². The first-order valence-corrected chi connectivity index (χ1v) is 11.8. The molecule has 2 amide bonds. The van der Waals surface area contributed by atoms with Crippen molar-refractivity contribution in [3.05, 3.63) is 23.8 Å². The fourth-order valence-corrected chi connectivity index (χ4v) is 4.06. The van der Waals surface area contributed by atoms with E-state index in [1.807, 2.05) is 13.8 Å². The summed E-state index contributed by atoms with van der Waals surface area (Å²) in [5.41, 5.74) is 0.362. The number of hydrogen-bond acceptors (Lipinski definition) is 6. The molecule has 2 rings (SSSR count). The molecule has 1 N–H and O–H groups in total. The van der Waals surface area contributed by atoms with Gasteiger partial charge in [0.1, 0.15) is 6.04 Å². The van der Waals surface area contributed by atoms with E-state index < -0.39 is 21.8 Å². The summed E-state index contributed by atoms with van der Waals surface area (Å²) in [6.45, 7) is 6.94. The Morgan fingerprint density at radius 2 is 1.66 bits per heavy atom. The topological polar surface area (TPSA) is 102 Å². The molecule has 0 saturated carbocycles. The van der Waals surface area contributed by atoms with Gasteiger partial charge in [-0.3, -0.25) is 9.59 Å². The van der Waals surface area contributed by atoms with Crippen LogP contribution in [-0.2, 0) is 14.6 Å².